The summed E-state index contributed by atoms with van der Waals surface area (Å²) < 4.78 is 5.08. The van der Waals surface area contributed by atoms with E-state index in [1.54, 1.807) is 0 Å². The van der Waals surface area contributed by atoms with Gasteiger partial charge in [-0.3, -0.25) is 10.1 Å². The first-order chi connectivity index (χ1) is 9.97. The van der Waals surface area contributed by atoms with Crippen LogP contribution in [0.15, 0.2) is 24.3 Å². The number of nitrogens with zero attached hydrogens (tertiary/aromatic N) is 2. The van der Waals surface area contributed by atoms with Crippen molar-refractivity contribution in [1.29, 1.82) is 0 Å². The lowest BCUT2D eigenvalue weighted by atomic mass is 10.1. The summed E-state index contributed by atoms with van der Waals surface area (Å²) in [7, 11) is 0. The van der Waals surface area contributed by atoms with Crippen molar-refractivity contribution >= 4 is 11.8 Å². The van der Waals surface area contributed by atoms with Gasteiger partial charge in [0.1, 0.15) is 6.61 Å². The van der Waals surface area contributed by atoms with Crippen molar-refractivity contribution in [2.45, 2.75) is 25.2 Å². The van der Waals surface area contributed by atoms with Crippen LogP contribution in [0.3, 0.4) is 0 Å². The Kier molecular flexibility index (Phi) is 4.71. The molecule has 2 rings (SSSR count). The van der Waals surface area contributed by atoms with Crippen LogP contribution in [-0.4, -0.2) is 51.4 Å². The van der Waals surface area contributed by atoms with Gasteiger partial charge in [-0.15, -0.1) is 0 Å². The number of non-ortho nitro benzene ring substituents is 1. The first-order valence-electron chi connectivity index (χ1n) is 6.48. The molecule has 1 aliphatic heterocycles. The van der Waals surface area contributed by atoms with Crippen LogP contribution in [0, 0.1) is 10.1 Å². The van der Waals surface area contributed by atoms with E-state index in [0.717, 1.165) is 0 Å². The summed E-state index contributed by atoms with van der Waals surface area (Å²) in [5.74, 6) is 0. The molecule has 21 heavy (non-hydrogen) atoms. The number of piperidine rings is 1. The third-order valence-corrected chi connectivity index (χ3v) is 3.31. The van der Waals surface area contributed by atoms with Gasteiger partial charge in [0.05, 0.1) is 23.7 Å². The number of hydrogen-bond donors (Lipinski definition) is 2. The van der Waals surface area contributed by atoms with Crippen molar-refractivity contribution in [3.63, 3.8) is 0 Å². The number of hydrogen-bond acceptors (Lipinski definition) is 6. The number of β-amino-alcohol motifs (C(OH)–C–C–N with tert-alkyl or cyclic N) is 1. The van der Waals surface area contributed by atoms with E-state index in [-0.39, 0.29) is 18.8 Å². The van der Waals surface area contributed by atoms with Crippen molar-refractivity contribution < 1.29 is 24.7 Å². The van der Waals surface area contributed by atoms with E-state index < -0.39 is 23.2 Å². The monoisotopic (exact) mass is 296 g/mol. The molecule has 1 heterocycles. The van der Waals surface area contributed by atoms with Crippen LogP contribution in [0.25, 0.3) is 0 Å². The Morgan fingerprint density at radius 1 is 1.33 bits per heavy atom. The summed E-state index contributed by atoms with van der Waals surface area (Å²) in [5.41, 5.74) is 0.602. The SMILES string of the molecule is O=C(OCc1ccc([N+](=O)[O-])cc1)N1CC[C@H](O)[C@@H](O)C1. The highest BCUT2D eigenvalue weighted by Gasteiger charge is 2.29. The number of aliphatic hydroxyl groups is 2. The van der Waals surface area contributed by atoms with Gasteiger partial charge in [0.15, 0.2) is 0 Å². The minimum Gasteiger partial charge on any atom is -0.445 e. The number of nitro benzene ring substituents is 1. The number of carbonyl (C=O) groups is 1. The Morgan fingerprint density at radius 3 is 2.57 bits per heavy atom. The van der Waals surface area contributed by atoms with Crippen LogP contribution in [0.4, 0.5) is 10.5 Å². The molecule has 0 aromatic heterocycles. The number of rotatable bonds is 3. The Balaban J connectivity index is 1.85. The number of nitro groups is 1. The van der Waals surface area contributed by atoms with E-state index in [2.05, 4.69) is 0 Å². The van der Waals surface area contributed by atoms with Crippen LogP contribution in [-0.2, 0) is 11.3 Å². The molecule has 0 spiro atoms. The molecule has 1 saturated heterocycles. The summed E-state index contributed by atoms with van der Waals surface area (Å²) in [4.78, 5) is 23.1. The molecule has 1 fully saturated rings. The van der Waals surface area contributed by atoms with Crippen LogP contribution < -0.4 is 0 Å². The molecule has 8 heteroatoms. The van der Waals surface area contributed by atoms with Gasteiger partial charge < -0.3 is 19.8 Å². The summed E-state index contributed by atoms with van der Waals surface area (Å²) >= 11 is 0. The second kappa shape index (κ2) is 6.51. The molecule has 2 atom stereocenters. The Bertz CT molecular complexity index is 518. The fraction of sp³-hybridized carbons (Fsp3) is 0.462. The lowest BCUT2D eigenvalue weighted by molar-refractivity contribution is -0.384. The van der Waals surface area contributed by atoms with Crippen molar-refractivity contribution in [1.82, 2.24) is 4.90 Å². The van der Waals surface area contributed by atoms with Gasteiger partial charge in [0.2, 0.25) is 0 Å². The molecular formula is C13H16N2O6. The number of carbonyl (C=O) groups excluding carboxylic acids is 1. The molecule has 0 unspecified atom stereocenters. The van der Waals surface area contributed by atoms with Gasteiger partial charge in [-0.1, -0.05) is 0 Å². The Labute approximate surface area is 120 Å². The number of benzene rings is 1. The van der Waals surface area contributed by atoms with Crippen molar-refractivity contribution in [2.75, 3.05) is 13.1 Å². The van der Waals surface area contributed by atoms with Crippen molar-refractivity contribution in [3.05, 3.63) is 39.9 Å². The molecule has 1 amide bonds. The highest BCUT2D eigenvalue weighted by molar-refractivity contribution is 5.67. The number of amides is 1. The summed E-state index contributed by atoms with van der Waals surface area (Å²) in [6.45, 7) is 0.337. The van der Waals surface area contributed by atoms with E-state index in [1.165, 1.54) is 29.2 Å². The topological polar surface area (TPSA) is 113 Å². The minimum atomic E-state index is -0.967. The quantitative estimate of drug-likeness (QED) is 0.625. The third-order valence-electron chi connectivity index (χ3n) is 3.31. The molecule has 1 aromatic rings. The maximum Gasteiger partial charge on any atom is 0.410 e. The van der Waals surface area contributed by atoms with Crippen LogP contribution >= 0.6 is 0 Å². The van der Waals surface area contributed by atoms with E-state index in [1.807, 2.05) is 0 Å². The molecule has 1 aromatic carbocycles. The highest BCUT2D eigenvalue weighted by Crippen LogP contribution is 2.15. The van der Waals surface area contributed by atoms with E-state index in [0.29, 0.717) is 18.5 Å². The molecular weight excluding hydrogens is 280 g/mol. The number of likely N-dealkylation sites (tertiary alicyclic amines) is 1. The predicted molar refractivity (Wildman–Crippen MR) is 71.5 cm³/mol. The molecule has 0 bridgehead atoms. The molecule has 0 saturated carbocycles. The summed E-state index contributed by atoms with van der Waals surface area (Å²) in [6.07, 6.45) is -2.07. The standard InChI is InChI=1S/C13H16N2O6/c16-11-5-6-14(7-12(11)17)13(18)21-8-9-1-3-10(4-2-9)15(19)20/h1-4,11-12,16-17H,5-8H2/t11-,12-/m0/s1. The van der Waals surface area contributed by atoms with Gasteiger partial charge in [0, 0.05) is 18.7 Å². The normalized spacial score (nSPS) is 21.9. The Hall–Kier alpha value is -2.19. The summed E-state index contributed by atoms with van der Waals surface area (Å²) in [6, 6.07) is 5.70. The molecule has 2 N–H and O–H groups in total. The minimum absolute atomic E-state index is 0.00796. The van der Waals surface area contributed by atoms with Gasteiger partial charge in [0.25, 0.3) is 5.69 Å². The number of aliphatic hydroxyl groups excluding tert-OH is 2. The predicted octanol–water partition coefficient (Wildman–Crippen LogP) is 0.659. The van der Waals surface area contributed by atoms with Crippen LogP contribution in [0.5, 0.6) is 0 Å². The van der Waals surface area contributed by atoms with Gasteiger partial charge >= 0.3 is 6.09 Å². The Morgan fingerprint density at radius 2 is 2.00 bits per heavy atom. The average molecular weight is 296 g/mol. The fourth-order valence-electron chi connectivity index (χ4n) is 2.04. The van der Waals surface area contributed by atoms with Crippen LogP contribution in [0.2, 0.25) is 0 Å². The highest BCUT2D eigenvalue weighted by atomic mass is 16.6. The fourth-order valence-corrected chi connectivity index (χ4v) is 2.04. The molecule has 1 aliphatic rings. The zero-order valence-electron chi connectivity index (χ0n) is 11.2. The lowest BCUT2D eigenvalue weighted by Crippen LogP contribution is -2.49. The smallest absolute Gasteiger partial charge is 0.410 e. The third kappa shape index (κ3) is 3.89. The molecule has 0 radical (unpaired) electrons. The molecule has 8 nitrogen and oxygen atoms in total. The molecule has 114 valence electrons. The van der Waals surface area contributed by atoms with E-state index >= 15 is 0 Å². The largest absolute Gasteiger partial charge is 0.445 e. The summed E-state index contributed by atoms with van der Waals surface area (Å²) in [5, 5.41) is 29.4. The maximum atomic E-state index is 11.8. The van der Waals surface area contributed by atoms with E-state index in [4.69, 9.17) is 4.74 Å². The first kappa shape index (κ1) is 15.2. The zero-order chi connectivity index (χ0) is 15.4. The average Bonchev–Trinajstić information content (AvgIpc) is 2.48. The van der Waals surface area contributed by atoms with Crippen LogP contribution in [0.1, 0.15) is 12.0 Å². The number of ether oxygens (including phenoxy) is 1. The second-order valence-corrected chi connectivity index (χ2v) is 4.85. The lowest BCUT2D eigenvalue weighted by Gasteiger charge is -2.32. The zero-order valence-corrected chi connectivity index (χ0v) is 11.2. The van der Waals surface area contributed by atoms with Gasteiger partial charge in [-0.2, -0.15) is 0 Å². The van der Waals surface area contributed by atoms with Gasteiger partial charge in [-0.25, -0.2) is 4.79 Å². The first-order valence-corrected chi connectivity index (χ1v) is 6.48. The molecule has 0 aliphatic carbocycles. The van der Waals surface area contributed by atoms with Crippen molar-refractivity contribution in [3.8, 4) is 0 Å². The van der Waals surface area contributed by atoms with Gasteiger partial charge in [-0.05, 0) is 24.1 Å². The van der Waals surface area contributed by atoms with Crippen molar-refractivity contribution in [2.24, 2.45) is 0 Å². The second-order valence-electron chi connectivity index (χ2n) is 4.85. The van der Waals surface area contributed by atoms with E-state index in [9.17, 15) is 25.1 Å². The maximum absolute atomic E-state index is 11.8.